The highest BCUT2D eigenvalue weighted by Crippen LogP contribution is 2.28. The number of fused-ring (bicyclic) bond motifs is 1. The summed E-state index contributed by atoms with van der Waals surface area (Å²) in [6, 6.07) is 4.10. The zero-order valence-electron chi connectivity index (χ0n) is 17.2. The lowest BCUT2D eigenvalue weighted by atomic mass is 9.90. The van der Waals surface area contributed by atoms with Crippen LogP contribution >= 0.6 is 0 Å². The maximum atomic E-state index is 13.2. The fraction of sp³-hybridized carbons (Fsp3) is 0.476. The van der Waals surface area contributed by atoms with E-state index in [1.165, 1.54) is 5.69 Å². The number of hydrogen-bond donors (Lipinski definition) is 0. The molecule has 3 aromatic rings. The Balaban J connectivity index is 1.54. The summed E-state index contributed by atoms with van der Waals surface area (Å²) >= 11 is 0. The van der Waals surface area contributed by atoms with Gasteiger partial charge in [-0.3, -0.25) is 14.4 Å². The highest BCUT2D eigenvalue weighted by Gasteiger charge is 2.31. The van der Waals surface area contributed by atoms with Crippen LogP contribution in [0.3, 0.4) is 0 Å². The second-order valence-electron chi connectivity index (χ2n) is 7.68. The molecule has 8 nitrogen and oxygen atoms in total. The van der Waals surface area contributed by atoms with E-state index in [1.807, 2.05) is 23.9 Å². The third-order valence-electron chi connectivity index (χ3n) is 5.70. The van der Waals surface area contributed by atoms with Gasteiger partial charge in [0, 0.05) is 55.6 Å². The summed E-state index contributed by atoms with van der Waals surface area (Å²) in [5.74, 6) is -0.0468. The molecule has 0 fully saturated rings. The number of rotatable bonds is 7. The van der Waals surface area contributed by atoms with Crippen LogP contribution in [0, 0.1) is 0 Å². The maximum Gasteiger partial charge on any atom is 0.274 e. The summed E-state index contributed by atoms with van der Waals surface area (Å²) in [6.45, 7) is 4.06. The minimum absolute atomic E-state index is 0.0468. The largest absolute Gasteiger partial charge is 0.472 e. The fourth-order valence-electron chi connectivity index (χ4n) is 4.09. The molecule has 0 saturated heterocycles. The van der Waals surface area contributed by atoms with Crippen LogP contribution in [0.1, 0.15) is 46.3 Å². The Labute approximate surface area is 170 Å². The molecule has 1 unspecified atom stereocenters. The van der Waals surface area contributed by atoms with Crippen LogP contribution in [0.5, 0.6) is 0 Å². The standard InChI is InChI=1S/C21H27N5O3/c1-4-26-19-6-5-17(24(2)13-16-8-10-29-23-16)11-18(19)20(22-26)21(27)25(3)12-15-7-9-28-14-15/h7-10,14,17H,4-6,11-13H2,1-3H3. The molecular weight excluding hydrogens is 370 g/mol. The molecular formula is C21H27N5O3. The van der Waals surface area contributed by atoms with E-state index in [0.717, 1.165) is 49.2 Å². The molecule has 0 spiro atoms. The number of aryl methyl sites for hydroxylation is 1. The predicted octanol–water partition coefficient (Wildman–Crippen LogP) is 2.75. The van der Waals surface area contributed by atoms with E-state index in [4.69, 9.17) is 8.94 Å². The third-order valence-corrected chi connectivity index (χ3v) is 5.70. The Morgan fingerprint density at radius 2 is 2.14 bits per heavy atom. The van der Waals surface area contributed by atoms with Gasteiger partial charge in [0.1, 0.15) is 6.26 Å². The minimum atomic E-state index is -0.0468. The molecule has 1 amide bonds. The molecule has 0 N–H and O–H groups in total. The van der Waals surface area contributed by atoms with Crippen molar-refractivity contribution in [3.05, 3.63) is 59.1 Å². The molecule has 0 aromatic carbocycles. The van der Waals surface area contributed by atoms with Crippen molar-refractivity contribution in [1.29, 1.82) is 0 Å². The van der Waals surface area contributed by atoms with E-state index < -0.39 is 0 Å². The highest BCUT2D eigenvalue weighted by molar-refractivity contribution is 5.94. The van der Waals surface area contributed by atoms with Crippen LogP contribution in [0.2, 0.25) is 0 Å². The van der Waals surface area contributed by atoms with Gasteiger partial charge in [0.2, 0.25) is 0 Å². The van der Waals surface area contributed by atoms with E-state index in [9.17, 15) is 4.79 Å². The molecule has 1 aliphatic carbocycles. The zero-order valence-corrected chi connectivity index (χ0v) is 17.2. The van der Waals surface area contributed by atoms with Crippen molar-refractivity contribution in [1.82, 2.24) is 24.7 Å². The van der Waals surface area contributed by atoms with E-state index in [0.29, 0.717) is 18.3 Å². The quantitative estimate of drug-likeness (QED) is 0.610. The van der Waals surface area contributed by atoms with Crippen molar-refractivity contribution in [3.8, 4) is 0 Å². The second-order valence-corrected chi connectivity index (χ2v) is 7.68. The molecule has 3 heterocycles. The smallest absolute Gasteiger partial charge is 0.274 e. The minimum Gasteiger partial charge on any atom is -0.472 e. The van der Waals surface area contributed by atoms with Gasteiger partial charge in [0.05, 0.1) is 18.2 Å². The van der Waals surface area contributed by atoms with Crippen molar-refractivity contribution < 1.29 is 13.7 Å². The number of carbonyl (C=O) groups is 1. The van der Waals surface area contributed by atoms with Gasteiger partial charge in [0.25, 0.3) is 5.91 Å². The lowest BCUT2D eigenvalue weighted by Gasteiger charge is -2.31. The molecule has 0 saturated carbocycles. The molecule has 1 aliphatic rings. The van der Waals surface area contributed by atoms with E-state index in [2.05, 4.69) is 29.1 Å². The van der Waals surface area contributed by atoms with Crippen molar-refractivity contribution >= 4 is 5.91 Å². The van der Waals surface area contributed by atoms with Gasteiger partial charge in [-0.1, -0.05) is 5.16 Å². The first-order valence-corrected chi connectivity index (χ1v) is 10.0. The van der Waals surface area contributed by atoms with Crippen molar-refractivity contribution in [2.24, 2.45) is 0 Å². The number of aromatic nitrogens is 3. The predicted molar refractivity (Wildman–Crippen MR) is 106 cm³/mol. The lowest BCUT2D eigenvalue weighted by molar-refractivity contribution is 0.0776. The van der Waals surface area contributed by atoms with E-state index >= 15 is 0 Å². The summed E-state index contributed by atoms with van der Waals surface area (Å²) in [6.07, 6.45) is 7.65. The fourth-order valence-corrected chi connectivity index (χ4v) is 4.09. The molecule has 0 bridgehead atoms. The number of likely N-dealkylation sites (N-methyl/N-ethyl adjacent to an activating group) is 1. The number of nitrogens with zero attached hydrogens (tertiary/aromatic N) is 5. The molecule has 29 heavy (non-hydrogen) atoms. The zero-order chi connectivity index (χ0) is 20.4. The first-order valence-electron chi connectivity index (χ1n) is 10.0. The Morgan fingerprint density at radius 1 is 1.28 bits per heavy atom. The number of hydrogen-bond acceptors (Lipinski definition) is 6. The van der Waals surface area contributed by atoms with Crippen LogP contribution in [0.15, 0.2) is 39.9 Å². The summed E-state index contributed by atoms with van der Waals surface area (Å²) in [7, 11) is 3.91. The van der Waals surface area contributed by atoms with Crippen molar-refractivity contribution in [2.45, 2.75) is 51.9 Å². The Morgan fingerprint density at radius 3 is 2.83 bits per heavy atom. The monoisotopic (exact) mass is 397 g/mol. The topological polar surface area (TPSA) is 80.5 Å². The molecule has 0 aliphatic heterocycles. The van der Waals surface area contributed by atoms with Crippen LogP contribution in [-0.2, 0) is 32.5 Å². The highest BCUT2D eigenvalue weighted by atomic mass is 16.5. The Hall–Kier alpha value is -2.87. The maximum absolute atomic E-state index is 13.2. The van der Waals surface area contributed by atoms with Crippen LogP contribution in [-0.4, -0.2) is 50.8 Å². The van der Waals surface area contributed by atoms with Gasteiger partial charge in [-0.05, 0) is 39.3 Å². The summed E-state index contributed by atoms with van der Waals surface area (Å²) in [4.78, 5) is 17.2. The normalized spacial score (nSPS) is 16.2. The molecule has 3 aromatic heterocycles. The molecule has 8 heteroatoms. The van der Waals surface area contributed by atoms with Gasteiger partial charge < -0.3 is 13.8 Å². The second kappa shape index (κ2) is 8.24. The van der Waals surface area contributed by atoms with Gasteiger partial charge in [-0.25, -0.2) is 0 Å². The Bertz CT molecular complexity index is 946. The van der Waals surface area contributed by atoms with E-state index in [1.54, 1.807) is 23.7 Å². The van der Waals surface area contributed by atoms with Gasteiger partial charge in [-0.15, -0.1) is 0 Å². The molecule has 1 atom stereocenters. The Kier molecular flexibility index (Phi) is 5.53. The summed E-state index contributed by atoms with van der Waals surface area (Å²) < 4.78 is 12.1. The van der Waals surface area contributed by atoms with Gasteiger partial charge >= 0.3 is 0 Å². The van der Waals surface area contributed by atoms with Gasteiger partial charge in [0.15, 0.2) is 5.69 Å². The molecule has 4 rings (SSSR count). The summed E-state index contributed by atoms with van der Waals surface area (Å²) in [5.41, 5.74) is 4.73. The number of carbonyl (C=O) groups excluding carboxylic acids is 1. The summed E-state index contributed by atoms with van der Waals surface area (Å²) in [5, 5.41) is 8.70. The van der Waals surface area contributed by atoms with Crippen molar-refractivity contribution in [2.75, 3.05) is 14.1 Å². The average molecular weight is 397 g/mol. The average Bonchev–Trinajstić information content (AvgIpc) is 3.48. The van der Waals surface area contributed by atoms with Gasteiger partial charge in [-0.2, -0.15) is 5.10 Å². The van der Waals surface area contributed by atoms with E-state index in [-0.39, 0.29) is 5.91 Å². The molecule has 0 radical (unpaired) electrons. The molecule has 154 valence electrons. The van der Waals surface area contributed by atoms with Crippen molar-refractivity contribution in [3.63, 3.8) is 0 Å². The lowest BCUT2D eigenvalue weighted by Crippen LogP contribution is -2.37. The third kappa shape index (κ3) is 3.98. The van der Waals surface area contributed by atoms with Crippen LogP contribution < -0.4 is 0 Å². The van der Waals surface area contributed by atoms with Crippen LogP contribution in [0.25, 0.3) is 0 Å². The van der Waals surface area contributed by atoms with Crippen LogP contribution in [0.4, 0.5) is 0 Å². The number of amides is 1. The first-order chi connectivity index (χ1) is 14.1. The SMILES string of the molecule is CCn1nc(C(=O)N(C)Cc2ccoc2)c2c1CCC(N(C)Cc1ccon1)C2. The number of furan rings is 1. The first kappa shape index (κ1) is 19.4.